The summed E-state index contributed by atoms with van der Waals surface area (Å²) in [4.78, 5) is 0. The molecule has 0 aliphatic carbocycles. The SMILES string of the molecule is CCCCC[C@H](O)CNCc1ccccc1. The van der Waals surface area contributed by atoms with Crippen LogP contribution in [0.15, 0.2) is 30.3 Å². The number of unbranched alkanes of at least 4 members (excludes halogenated alkanes) is 2. The van der Waals surface area contributed by atoms with Gasteiger partial charge >= 0.3 is 0 Å². The Labute approximate surface area is 98.7 Å². The molecule has 2 nitrogen and oxygen atoms in total. The molecular weight excluding hydrogens is 198 g/mol. The molecule has 0 bridgehead atoms. The van der Waals surface area contributed by atoms with E-state index >= 15 is 0 Å². The molecule has 1 atom stereocenters. The number of benzene rings is 1. The lowest BCUT2D eigenvalue weighted by atomic mass is 10.1. The topological polar surface area (TPSA) is 32.3 Å². The second-order valence-electron chi connectivity index (χ2n) is 4.27. The number of hydrogen-bond donors (Lipinski definition) is 2. The molecule has 0 unspecified atom stereocenters. The molecule has 0 aliphatic rings. The van der Waals surface area contributed by atoms with Crippen molar-refractivity contribution in [1.82, 2.24) is 5.32 Å². The maximum Gasteiger partial charge on any atom is 0.0664 e. The molecule has 0 fully saturated rings. The highest BCUT2D eigenvalue weighted by Crippen LogP contribution is 2.03. The van der Waals surface area contributed by atoms with Crippen LogP contribution in [0.25, 0.3) is 0 Å². The minimum Gasteiger partial charge on any atom is -0.392 e. The van der Waals surface area contributed by atoms with Crippen LogP contribution in [0.5, 0.6) is 0 Å². The first kappa shape index (κ1) is 13.2. The Morgan fingerprint density at radius 3 is 2.62 bits per heavy atom. The van der Waals surface area contributed by atoms with Gasteiger partial charge < -0.3 is 10.4 Å². The Kier molecular flexibility index (Phi) is 6.86. The summed E-state index contributed by atoms with van der Waals surface area (Å²) in [6, 6.07) is 10.3. The molecule has 0 amide bonds. The number of hydrogen-bond acceptors (Lipinski definition) is 2. The van der Waals surface area contributed by atoms with Gasteiger partial charge in [-0.25, -0.2) is 0 Å². The van der Waals surface area contributed by atoms with E-state index in [0.29, 0.717) is 6.54 Å². The molecule has 1 aromatic carbocycles. The van der Waals surface area contributed by atoms with Gasteiger partial charge in [-0.15, -0.1) is 0 Å². The highest BCUT2D eigenvalue weighted by Gasteiger charge is 2.02. The smallest absolute Gasteiger partial charge is 0.0664 e. The van der Waals surface area contributed by atoms with Gasteiger partial charge in [0.15, 0.2) is 0 Å². The molecule has 2 heteroatoms. The van der Waals surface area contributed by atoms with Gasteiger partial charge in [0.25, 0.3) is 0 Å². The minimum absolute atomic E-state index is 0.199. The van der Waals surface area contributed by atoms with Gasteiger partial charge in [0, 0.05) is 13.1 Å². The highest BCUT2D eigenvalue weighted by atomic mass is 16.3. The summed E-state index contributed by atoms with van der Waals surface area (Å²) in [6.07, 6.45) is 4.27. The van der Waals surface area contributed by atoms with Crippen molar-refractivity contribution in [3.63, 3.8) is 0 Å². The summed E-state index contributed by atoms with van der Waals surface area (Å²) in [6.45, 7) is 3.71. The van der Waals surface area contributed by atoms with Crippen molar-refractivity contribution >= 4 is 0 Å². The predicted molar refractivity (Wildman–Crippen MR) is 68.3 cm³/mol. The monoisotopic (exact) mass is 221 g/mol. The number of aliphatic hydroxyl groups excluding tert-OH is 1. The molecule has 0 aromatic heterocycles. The molecule has 0 spiro atoms. The zero-order chi connectivity index (χ0) is 11.6. The summed E-state index contributed by atoms with van der Waals surface area (Å²) >= 11 is 0. The van der Waals surface area contributed by atoms with E-state index in [2.05, 4.69) is 24.4 Å². The minimum atomic E-state index is -0.199. The Morgan fingerprint density at radius 2 is 1.94 bits per heavy atom. The van der Waals surface area contributed by atoms with Gasteiger partial charge in [-0.3, -0.25) is 0 Å². The largest absolute Gasteiger partial charge is 0.392 e. The summed E-state index contributed by atoms with van der Waals surface area (Å²) in [5.74, 6) is 0. The molecule has 90 valence electrons. The fourth-order valence-corrected chi connectivity index (χ4v) is 1.71. The summed E-state index contributed by atoms with van der Waals surface area (Å²) < 4.78 is 0. The molecular formula is C14H23NO. The van der Waals surface area contributed by atoms with E-state index < -0.39 is 0 Å². The quantitative estimate of drug-likeness (QED) is 0.662. The van der Waals surface area contributed by atoms with E-state index in [1.807, 2.05) is 18.2 Å². The number of rotatable bonds is 8. The van der Waals surface area contributed by atoms with Crippen LogP contribution in [-0.4, -0.2) is 17.8 Å². The van der Waals surface area contributed by atoms with Crippen molar-refractivity contribution in [2.24, 2.45) is 0 Å². The highest BCUT2D eigenvalue weighted by molar-refractivity contribution is 5.14. The lowest BCUT2D eigenvalue weighted by molar-refractivity contribution is 0.158. The maximum absolute atomic E-state index is 9.69. The molecule has 1 aromatic rings. The maximum atomic E-state index is 9.69. The van der Waals surface area contributed by atoms with Gasteiger partial charge in [0.1, 0.15) is 0 Å². The van der Waals surface area contributed by atoms with Crippen molar-refractivity contribution < 1.29 is 5.11 Å². The van der Waals surface area contributed by atoms with Crippen molar-refractivity contribution in [2.75, 3.05) is 6.54 Å². The fourth-order valence-electron chi connectivity index (χ4n) is 1.71. The van der Waals surface area contributed by atoms with Crippen LogP contribution in [0.3, 0.4) is 0 Å². The van der Waals surface area contributed by atoms with Gasteiger partial charge in [0.05, 0.1) is 6.10 Å². The second kappa shape index (κ2) is 8.31. The summed E-state index contributed by atoms with van der Waals surface area (Å²) in [7, 11) is 0. The van der Waals surface area contributed by atoms with Crippen LogP contribution in [-0.2, 0) is 6.54 Å². The summed E-state index contributed by atoms with van der Waals surface area (Å²) in [5, 5.41) is 13.0. The zero-order valence-electron chi connectivity index (χ0n) is 10.2. The first-order chi connectivity index (χ1) is 7.83. The average molecular weight is 221 g/mol. The van der Waals surface area contributed by atoms with Crippen LogP contribution in [0.2, 0.25) is 0 Å². The molecule has 0 radical (unpaired) electrons. The molecule has 16 heavy (non-hydrogen) atoms. The van der Waals surface area contributed by atoms with E-state index in [1.165, 1.54) is 18.4 Å². The van der Waals surface area contributed by atoms with E-state index in [4.69, 9.17) is 0 Å². The Balaban J connectivity index is 2.06. The van der Waals surface area contributed by atoms with Gasteiger partial charge in [0.2, 0.25) is 0 Å². The Hall–Kier alpha value is -0.860. The van der Waals surface area contributed by atoms with E-state index in [1.54, 1.807) is 0 Å². The predicted octanol–water partition coefficient (Wildman–Crippen LogP) is 2.72. The van der Waals surface area contributed by atoms with Crippen molar-refractivity contribution in [1.29, 1.82) is 0 Å². The van der Waals surface area contributed by atoms with Gasteiger partial charge in [-0.2, -0.15) is 0 Å². The Morgan fingerprint density at radius 1 is 1.19 bits per heavy atom. The van der Waals surface area contributed by atoms with Crippen LogP contribution >= 0.6 is 0 Å². The fraction of sp³-hybridized carbons (Fsp3) is 0.571. The lowest BCUT2D eigenvalue weighted by Gasteiger charge is -2.11. The lowest BCUT2D eigenvalue weighted by Crippen LogP contribution is -2.26. The van der Waals surface area contributed by atoms with Crippen LogP contribution < -0.4 is 5.32 Å². The molecule has 0 aliphatic heterocycles. The average Bonchev–Trinajstić information content (AvgIpc) is 2.31. The molecule has 0 heterocycles. The van der Waals surface area contributed by atoms with Gasteiger partial charge in [-0.1, -0.05) is 56.5 Å². The van der Waals surface area contributed by atoms with Crippen molar-refractivity contribution in [3.8, 4) is 0 Å². The van der Waals surface area contributed by atoms with Crippen molar-refractivity contribution in [3.05, 3.63) is 35.9 Å². The third kappa shape index (κ3) is 5.89. The van der Waals surface area contributed by atoms with E-state index in [-0.39, 0.29) is 6.10 Å². The van der Waals surface area contributed by atoms with Crippen molar-refractivity contribution in [2.45, 2.75) is 45.3 Å². The standard InChI is InChI=1S/C14H23NO/c1-2-3-5-10-14(16)12-15-11-13-8-6-4-7-9-13/h4,6-9,14-16H,2-3,5,10-12H2,1H3/t14-/m0/s1. The van der Waals surface area contributed by atoms with E-state index in [9.17, 15) is 5.11 Å². The Bertz CT molecular complexity index is 261. The second-order valence-corrected chi connectivity index (χ2v) is 4.27. The normalized spacial score (nSPS) is 12.6. The molecule has 1 rings (SSSR count). The third-order valence-electron chi connectivity index (χ3n) is 2.69. The van der Waals surface area contributed by atoms with E-state index in [0.717, 1.165) is 19.4 Å². The first-order valence-corrected chi connectivity index (χ1v) is 6.25. The number of aliphatic hydroxyl groups is 1. The first-order valence-electron chi connectivity index (χ1n) is 6.25. The van der Waals surface area contributed by atoms with Crippen LogP contribution in [0.1, 0.15) is 38.2 Å². The summed E-state index contributed by atoms with van der Waals surface area (Å²) in [5.41, 5.74) is 1.27. The molecule has 0 saturated carbocycles. The third-order valence-corrected chi connectivity index (χ3v) is 2.69. The molecule has 0 saturated heterocycles. The van der Waals surface area contributed by atoms with Crippen LogP contribution in [0, 0.1) is 0 Å². The molecule has 2 N–H and O–H groups in total. The van der Waals surface area contributed by atoms with Gasteiger partial charge in [-0.05, 0) is 12.0 Å². The van der Waals surface area contributed by atoms with Crippen LogP contribution in [0.4, 0.5) is 0 Å². The number of nitrogens with one attached hydrogen (secondary N) is 1. The zero-order valence-corrected chi connectivity index (χ0v) is 10.2.